The molecule has 4 heterocycles. The lowest BCUT2D eigenvalue weighted by Gasteiger charge is -2.23. The Morgan fingerprint density at radius 3 is 2.00 bits per heavy atom. The number of pyridine rings is 2. The SMILES string of the molecule is Cc1ccc2c(c1)c1c(-c3nc(C(C)(C)C)nc(C(C)(C)C)n3)cc3ccnc4c5cc(C)cc(C)c5n2c1c34. The van der Waals surface area contributed by atoms with E-state index in [0.29, 0.717) is 0 Å². The molecule has 0 bridgehead atoms. The number of hydrogen-bond acceptors (Lipinski definition) is 4. The van der Waals surface area contributed by atoms with Crippen LogP contribution in [0.15, 0.2) is 48.7 Å². The fourth-order valence-corrected chi connectivity index (χ4v) is 6.21. The molecule has 5 nitrogen and oxygen atoms in total. The van der Waals surface area contributed by atoms with E-state index in [-0.39, 0.29) is 10.8 Å². The topological polar surface area (TPSA) is 56.0 Å². The molecule has 0 saturated carbocycles. The maximum Gasteiger partial charge on any atom is 0.164 e. The molecular weight excluding hydrogens is 490 g/mol. The van der Waals surface area contributed by atoms with Crippen LogP contribution < -0.4 is 0 Å². The van der Waals surface area contributed by atoms with Gasteiger partial charge in [0.2, 0.25) is 0 Å². The molecule has 40 heavy (non-hydrogen) atoms. The van der Waals surface area contributed by atoms with Gasteiger partial charge in [-0.1, -0.05) is 64.8 Å². The van der Waals surface area contributed by atoms with Crippen molar-refractivity contribution in [2.24, 2.45) is 0 Å². The number of aromatic nitrogens is 5. The van der Waals surface area contributed by atoms with Gasteiger partial charge in [0.05, 0.1) is 22.1 Å². The van der Waals surface area contributed by atoms with Crippen LogP contribution in [0.5, 0.6) is 0 Å². The maximum absolute atomic E-state index is 5.15. The molecule has 7 aromatic rings. The van der Waals surface area contributed by atoms with Crippen LogP contribution >= 0.6 is 0 Å². The Kier molecular flexibility index (Phi) is 4.96. The van der Waals surface area contributed by atoms with E-state index in [1.54, 1.807) is 0 Å². The lowest BCUT2D eigenvalue weighted by Crippen LogP contribution is -2.24. The maximum atomic E-state index is 5.15. The fraction of sp³-hybridized carbons (Fsp3) is 0.314. The number of rotatable bonds is 1. The highest BCUT2D eigenvalue weighted by molar-refractivity contribution is 6.30. The summed E-state index contributed by atoms with van der Waals surface area (Å²) in [7, 11) is 0. The second-order valence-corrected chi connectivity index (χ2v) is 13.5. The molecule has 0 aliphatic carbocycles. The molecule has 3 aromatic carbocycles. The van der Waals surface area contributed by atoms with E-state index in [1.807, 2.05) is 6.20 Å². The zero-order chi connectivity index (χ0) is 28.3. The highest BCUT2D eigenvalue weighted by Gasteiger charge is 2.28. The molecule has 0 unspecified atom stereocenters. The fourth-order valence-electron chi connectivity index (χ4n) is 6.21. The van der Waals surface area contributed by atoms with Crippen LogP contribution in [0.25, 0.3) is 60.4 Å². The van der Waals surface area contributed by atoms with Crippen molar-refractivity contribution in [3.8, 4) is 11.4 Å². The minimum atomic E-state index is -0.214. The first-order chi connectivity index (χ1) is 18.8. The number of hydrogen-bond donors (Lipinski definition) is 0. The summed E-state index contributed by atoms with van der Waals surface area (Å²) in [5.41, 5.74) is 8.96. The van der Waals surface area contributed by atoms with Crippen LogP contribution in [0.3, 0.4) is 0 Å². The van der Waals surface area contributed by atoms with Crippen LogP contribution in [0.4, 0.5) is 0 Å². The molecular formula is C35H35N5. The Morgan fingerprint density at radius 2 is 1.32 bits per heavy atom. The van der Waals surface area contributed by atoms with Crippen molar-refractivity contribution in [3.05, 3.63) is 77.0 Å². The van der Waals surface area contributed by atoms with Gasteiger partial charge in [-0.2, -0.15) is 0 Å². The smallest absolute Gasteiger partial charge is 0.164 e. The summed E-state index contributed by atoms with van der Waals surface area (Å²) in [6.45, 7) is 19.6. The summed E-state index contributed by atoms with van der Waals surface area (Å²) < 4.78 is 2.46. The average Bonchev–Trinajstić information content (AvgIpc) is 3.20. The minimum Gasteiger partial charge on any atom is -0.308 e. The minimum absolute atomic E-state index is 0.214. The highest BCUT2D eigenvalue weighted by atomic mass is 15.1. The summed E-state index contributed by atoms with van der Waals surface area (Å²) in [6.07, 6.45) is 1.94. The standard InChI is InChI=1S/C35H35N5/c1-18-10-11-25-22(15-18)27-23(31-37-32(34(4,5)6)39-33(38-31)35(7,8)9)17-21-12-13-36-28-24-16-19(2)14-20(3)29(24)40(25)30(27)26(21)28/h10-17H,1-9H3. The molecule has 4 aromatic heterocycles. The van der Waals surface area contributed by atoms with Crippen LogP contribution in [0.2, 0.25) is 0 Å². The largest absolute Gasteiger partial charge is 0.308 e. The van der Waals surface area contributed by atoms with Crippen molar-refractivity contribution in [3.63, 3.8) is 0 Å². The Hall–Kier alpha value is -4.12. The van der Waals surface area contributed by atoms with Crippen molar-refractivity contribution >= 4 is 49.0 Å². The van der Waals surface area contributed by atoms with E-state index in [4.69, 9.17) is 19.9 Å². The third-order valence-corrected chi connectivity index (χ3v) is 8.05. The van der Waals surface area contributed by atoms with Gasteiger partial charge in [-0.15, -0.1) is 0 Å². The lowest BCUT2D eigenvalue weighted by atomic mass is 9.92. The van der Waals surface area contributed by atoms with Gasteiger partial charge in [0, 0.05) is 44.1 Å². The molecule has 0 aliphatic rings. The van der Waals surface area contributed by atoms with Gasteiger partial charge < -0.3 is 4.40 Å². The molecule has 0 aliphatic heterocycles. The summed E-state index contributed by atoms with van der Waals surface area (Å²) in [6, 6.07) is 15.7. The Labute approximate surface area is 234 Å². The van der Waals surface area contributed by atoms with Crippen molar-refractivity contribution < 1.29 is 0 Å². The first kappa shape index (κ1) is 24.9. The van der Waals surface area contributed by atoms with E-state index < -0.39 is 0 Å². The lowest BCUT2D eigenvalue weighted by molar-refractivity contribution is 0.497. The average molecular weight is 526 g/mol. The van der Waals surface area contributed by atoms with E-state index >= 15 is 0 Å². The number of aryl methyl sites for hydroxylation is 3. The molecule has 0 fully saturated rings. The normalized spacial score (nSPS) is 13.1. The quantitative estimate of drug-likeness (QED) is 0.159. The third-order valence-electron chi connectivity index (χ3n) is 8.05. The van der Waals surface area contributed by atoms with Crippen LogP contribution in [-0.4, -0.2) is 24.3 Å². The molecule has 0 amide bonds. The van der Waals surface area contributed by atoms with Crippen molar-refractivity contribution in [1.82, 2.24) is 24.3 Å². The van der Waals surface area contributed by atoms with Gasteiger partial charge in [-0.05, 0) is 62.1 Å². The molecule has 0 radical (unpaired) electrons. The molecule has 0 spiro atoms. The zero-order valence-corrected chi connectivity index (χ0v) is 24.9. The highest BCUT2D eigenvalue weighted by Crippen LogP contribution is 2.45. The zero-order valence-electron chi connectivity index (χ0n) is 24.9. The first-order valence-corrected chi connectivity index (χ1v) is 14.1. The summed E-state index contributed by atoms with van der Waals surface area (Å²) in [4.78, 5) is 20.2. The monoisotopic (exact) mass is 525 g/mol. The molecule has 7 rings (SSSR count). The van der Waals surface area contributed by atoms with E-state index in [2.05, 4.69) is 109 Å². The Morgan fingerprint density at radius 1 is 0.650 bits per heavy atom. The first-order valence-electron chi connectivity index (χ1n) is 14.1. The van der Waals surface area contributed by atoms with Crippen LogP contribution in [-0.2, 0) is 10.8 Å². The van der Waals surface area contributed by atoms with Gasteiger partial charge in [-0.3, -0.25) is 4.98 Å². The van der Waals surface area contributed by atoms with Gasteiger partial charge in [0.1, 0.15) is 11.6 Å². The van der Waals surface area contributed by atoms with Gasteiger partial charge in [-0.25, -0.2) is 15.0 Å². The predicted octanol–water partition coefficient (Wildman–Crippen LogP) is 8.76. The molecule has 0 atom stereocenters. The second kappa shape index (κ2) is 7.97. The summed E-state index contributed by atoms with van der Waals surface area (Å²) in [5, 5.41) is 5.91. The van der Waals surface area contributed by atoms with Gasteiger partial charge in [0.25, 0.3) is 0 Å². The molecule has 200 valence electrons. The van der Waals surface area contributed by atoms with Crippen molar-refractivity contribution in [2.45, 2.75) is 73.1 Å². The predicted molar refractivity (Wildman–Crippen MR) is 167 cm³/mol. The van der Waals surface area contributed by atoms with Gasteiger partial charge >= 0.3 is 0 Å². The molecule has 5 heteroatoms. The number of nitrogens with zero attached hydrogens (tertiary/aromatic N) is 5. The third kappa shape index (κ3) is 3.46. The second-order valence-electron chi connectivity index (χ2n) is 13.5. The number of benzene rings is 3. The Balaban J connectivity index is 1.78. The van der Waals surface area contributed by atoms with E-state index in [9.17, 15) is 0 Å². The molecule has 0 saturated heterocycles. The van der Waals surface area contributed by atoms with Crippen LogP contribution in [0.1, 0.15) is 69.9 Å². The summed E-state index contributed by atoms with van der Waals surface area (Å²) in [5.74, 6) is 2.36. The van der Waals surface area contributed by atoms with Crippen molar-refractivity contribution in [1.29, 1.82) is 0 Å². The van der Waals surface area contributed by atoms with Crippen LogP contribution in [0, 0.1) is 20.8 Å². The Bertz CT molecular complexity index is 2120. The summed E-state index contributed by atoms with van der Waals surface area (Å²) >= 11 is 0. The number of fused-ring (bicyclic) bond motifs is 6. The van der Waals surface area contributed by atoms with E-state index in [1.165, 1.54) is 54.8 Å². The van der Waals surface area contributed by atoms with Crippen molar-refractivity contribution in [2.75, 3.05) is 0 Å². The van der Waals surface area contributed by atoms with Gasteiger partial charge in [0.15, 0.2) is 5.82 Å². The molecule has 0 N–H and O–H groups in total. The van der Waals surface area contributed by atoms with E-state index in [0.717, 1.165) is 33.9 Å².